The van der Waals surface area contributed by atoms with Gasteiger partial charge in [0.05, 0.1) is 12.1 Å². The van der Waals surface area contributed by atoms with Crippen molar-refractivity contribution in [2.24, 2.45) is 21.7 Å². The van der Waals surface area contributed by atoms with Crippen LogP contribution < -0.4 is 11.5 Å². The van der Waals surface area contributed by atoms with Gasteiger partial charge in [-0.1, -0.05) is 60.7 Å². The molecule has 5 nitrogen and oxygen atoms in total. The highest BCUT2D eigenvalue weighted by Gasteiger charge is 2.12. The number of Topliss-reactive ketones (excluding diaryl/α,β-unsaturated/α-hetero) is 1. The summed E-state index contributed by atoms with van der Waals surface area (Å²) in [5.74, 6) is -0.181. The Kier molecular flexibility index (Phi) is 4.82. The maximum absolute atomic E-state index is 12.3. The number of hydrogen-bond donors (Lipinski definition) is 2. The standard InChI is InChI=1S/C16H16N4O/c17-16(18)20-19-14(12-7-3-1-4-8-12)11-15(21)13-9-5-2-6-10-13/h1-10H,11H2,(H4,17,18,20)/b19-14-. The van der Waals surface area contributed by atoms with Crippen molar-refractivity contribution >= 4 is 17.5 Å². The molecular weight excluding hydrogens is 264 g/mol. The summed E-state index contributed by atoms with van der Waals surface area (Å²) in [7, 11) is 0. The molecule has 0 unspecified atom stereocenters. The molecule has 0 aliphatic rings. The van der Waals surface area contributed by atoms with Gasteiger partial charge in [0.2, 0.25) is 5.96 Å². The van der Waals surface area contributed by atoms with E-state index < -0.39 is 0 Å². The van der Waals surface area contributed by atoms with Crippen LogP contribution in [0.3, 0.4) is 0 Å². The average molecular weight is 280 g/mol. The van der Waals surface area contributed by atoms with Crippen LogP contribution in [0.2, 0.25) is 0 Å². The molecule has 0 aliphatic heterocycles. The predicted octanol–water partition coefficient (Wildman–Crippen LogP) is 1.94. The number of carbonyl (C=O) groups excluding carboxylic acids is 1. The maximum Gasteiger partial charge on any atom is 0.211 e. The molecule has 0 atom stereocenters. The molecule has 0 radical (unpaired) electrons. The molecule has 0 aromatic heterocycles. The Labute approximate surface area is 123 Å². The summed E-state index contributed by atoms with van der Waals surface area (Å²) >= 11 is 0. The topological polar surface area (TPSA) is 93.8 Å². The van der Waals surface area contributed by atoms with Crippen LogP contribution in [-0.2, 0) is 0 Å². The quantitative estimate of drug-likeness (QED) is 0.379. The van der Waals surface area contributed by atoms with Crippen molar-refractivity contribution in [1.82, 2.24) is 0 Å². The maximum atomic E-state index is 12.3. The number of hydrogen-bond acceptors (Lipinski definition) is 3. The van der Waals surface area contributed by atoms with Gasteiger partial charge in [-0.25, -0.2) is 0 Å². The van der Waals surface area contributed by atoms with Crippen molar-refractivity contribution < 1.29 is 4.79 Å². The highest BCUT2D eigenvalue weighted by Crippen LogP contribution is 2.10. The first-order valence-electron chi connectivity index (χ1n) is 6.46. The lowest BCUT2D eigenvalue weighted by Crippen LogP contribution is -2.22. The highest BCUT2D eigenvalue weighted by atomic mass is 16.1. The summed E-state index contributed by atoms with van der Waals surface area (Å²) in [6, 6.07) is 18.4. The third kappa shape index (κ3) is 4.28. The van der Waals surface area contributed by atoms with Crippen LogP contribution in [0.5, 0.6) is 0 Å². The molecule has 0 saturated carbocycles. The van der Waals surface area contributed by atoms with E-state index in [1.54, 1.807) is 12.1 Å². The minimum absolute atomic E-state index is 0.0380. The smallest absolute Gasteiger partial charge is 0.211 e. The van der Waals surface area contributed by atoms with Crippen molar-refractivity contribution in [3.63, 3.8) is 0 Å². The zero-order valence-electron chi connectivity index (χ0n) is 11.4. The van der Waals surface area contributed by atoms with Gasteiger partial charge in [0.1, 0.15) is 0 Å². The summed E-state index contributed by atoms with van der Waals surface area (Å²) < 4.78 is 0. The number of nitrogens with zero attached hydrogens (tertiary/aromatic N) is 2. The predicted molar refractivity (Wildman–Crippen MR) is 84.2 cm³/mol. The van der Waals surface area contributed by atoms with Crippen LogP contribution >= 0.6 is 0 Å². The average Bonchev–Trinajstić information content (AvgIpc) is 2.52. The van der Waals surface area contributed by atoms with E-state index in [1.165, 1.54) is 0 Å². The van der Waals surface area contributed by atoms with Crippen LogP contribution in [0.15, 0.2) is 70.9 Å². The molecule has 0 heterocycles. The van der Waals surface area contributed by atoms with Crippen molar-refractivity contribution in [2.75, 3.05) is 0 Å². The van der Waals surface area contributed by atoms with Gasteiger partial charge in [0.15, 0.2) is 5.78 Å². The van der Waals surface area contributed by atoms with E-state index in [4.69, 9.17) is 11.5 Å². The zero-order chi connectivity index (χ0) is 15.1. The van der Waals surface area contributed by atoms with E-state index >= 15 is 0 Å². The van der Waals surface area contributed by atoms with Crippen LogP contribution in [-0.4, -0.2) is 17.5 Å². The largest absolute Gasteiger partial charge is 0.369 e. The van der Waals surface area contributed by atoms with Crippen LogP contribution in [0.25, 0.3) is 0 Å². The Morgan fingerprint density at radius 1 is 0.810 bits per heavy atom. The summed E-state index contributed by atoms with van der Waals surface area (Å²) in [5.41, 5.74) is 12.6. The molecule has 0 spiro atoms. The number of rotatable bonds is 5. The summed E-state index contributed by atoms with van der Waals surface area (Å²) in [5, 5.41) is 7.65. The monoisotopic (exact) mass is 280 g/mol. The Balaban J connectivity index is 2.27. The number of benzene rings is 2. The minimum atomic E-state index is -0.143. The highest BCUT2D eigenvalue weighted by molar-refractivity contribution is 6.15. The first-order valence-corrected chi connectivity index (χ1v) is 6.46. The summed E-state index contributed by atoms with van der Waals surface area (Å²) in [4.78, 5) is 12.3. The molecule has 4 N–H and O–H groups in total. The van der Waals surface area contributed by atoms with Crippen LogP contribution in [0, 0.1) is 0 Å². The van der Waals surface area contributed by atoms with Gasteiger partial charge >= 0.3 is 0 Å². The normalized spacial score (nSPS) is 11.0. The lowest BCUT2D eigenvalue weighted by Gasteiger charge is -2.05. The summed E-state index contributed by atoms with van der Waals surface area (Å²) in [6.45, 7) is 0. The van der Waals surface area contributed by atoms with Gasteiger partial charge in [-0.05, 0) is 5.56 Å². The fourth-order valence-electron chi connectivity index (χ4n) is 1.82. The fourth-order valence-corrected chi connectivity index (χ4v) is 1.82. The number of ketones is 1. The van der Waals surface area contributed by atoms with Gasteiger partial charge in [0, 0.05) is 5.56 Å². The Morgan fingerprint density at radius 2 is 1.33 bits per heavy atom. The van der Waals surface area contributed by atoms with Gasteiger partial charge < -0.3 is 11.5 Å². The first kappa shape index (κ1) is 14.5. The molecule has 106 valence electrons. The number of nitrogens with two attached hydrogens (primary N) is 2. The molecule has 21 heavy (non-hydrogen) atoms. The van der Waals surface area contributed by atoms with Crippen molar-refractivity contribution in [3.05, 3.63) is 71.8 Å². The van der Waals surface area contributed by atoms with Crippen molar-refractivity contribution in [3.8, 4) is 0 Å². The molecule has 0 fully saturated rings. The molecule has 5 heteroatoms. The minimum Gasteiger partial charge on any atom is -0.369 e. The van der Waals surface area contributed by atoms with E-state index in [-0.39, 0.29) is 18.2 Å². The van der Waals surface area contributed by atoms with Gasteiger partial charge in [0.25, 0.3) is 0 Å². The van der Waals surface area contributed by atoms with Crippen molar-refractivity contribution in [2.45, 2.75) is 6.42 Å². The lowest BCUT2D eigenvalue weighted by atomic mass is 10.0. The zero-order valence-corrected chi connectivity index (χ0v) is 11.4. The van der Waals surface area contributed by atoms with Gasteiger partial charge in [-0.2, -0.15) is 5.10 Å². The van der Waals surface area contributed by atoms with Gasteiger partial charge in [-0.15, -0.1) is 5.10 Å². The van der Waals surface area contributed by atoms with E-state index in [9.17, 15) is 4.79 Å². The summed E-state index contributed by atoms with van der Waals surface area (Å²) in [6.07, 6.45) is 0.130. The Hall–Kier alpha value is -2.95. The van der Waals surface area contributed by atoms with Crippen LogP contribution in [0.1, 0.15) is 22.3 Å². The number of guanidine groups is 1. The molecule has 2 aromatic carbocycles. The van der Waals surface area contributed by atoms with Crippen LogP contribution in [0.4, 0.5) is 0 Å². The molecule has 0 bridgehead atoms. The Morgan fingerprint density at radius 3 is 1.86 bits per heavy atom. The van der Waals surface area contributed by atoms with Crippen molar-refractivity contribution in [1.29, 1.82) is 0 Å². The lowest BCUT2D eigenvalue weighted by molar-refractivity contribution is 0.100. The second-order valence-corrected chi connectivity index (χ2v) is 4.40. The second kappa shape index (κ2) is 7.00. The third-order valence-corrected chi connectivity index (χ3v) is 2.82. The molecule has 2 rings (SSSR count). The van der Waals surface area contributed by atoms with E-state index in [1.807, 2.05) is 48.5 Å². The Bertz CT molecular complexity index is 659. The molecule has 0 amide bonds. The SMILES string of the molecule is NC(N)=N/N=C(/CC(=O)c1ccccc1)c1ccccc1. The molecule has 0 aliphatic carbocycles. The second-order valence-electron chi connectivity index (χ2n) is 4.40. The number of carbonyl (C=O) groups is 1. The van der Waals surface area contributed by atoms with E-state index in [2.05, 4.69) is 10.2 Å². The third-order valence-electron chi connectivity index (χ3n) is 2.82. The first-order chi connectivity index (χ1) is 10.2. The van der Waals surface area contributed by atoms with Gasteiger partial charge in [-0.3, -0.25) is 4.79 Å². The molecule has 0 saturated heterocycles. The van der Waals surface area contributed by atoms with E-state index in [0.29, 0.717) is 11.3 Å². The van der Waals surface area contributed by atoms with E-state index in [0.717, 1.165) is 5.56 Å². The fraction of sp³-hybridized carbons (Fsp3) is 0.0625. The molecular formula is C16H16N4O. The molecule has 2 aromatic rings.